The summed E-state index contributed by atoms with van der Waals surface area (Å²) in [6.45, 7) is 25.1. The molecule has 0 saturated heterocycles. The first-order valence-corrected chi connectivity index (χ1v) is 26.8. The number of anilines is 2. The average Bonchev–Trinajstić information content (AvgIpc) is 4.23. The number of rotatable bonds is 17. The van der Waals surface area contributed by atoms with Crippen molar-refractivity contribution in [2.45, 2.75) is 136 Å². The molecule has 0 fully saturated rings. The van der Waals surface area contributed by atoms with Crippen LogP contribution >= 0.6 is 22.6 Å². The molecule has 2 aromatic carbocycles. The smallest absolute Gasteiger partial charge is 0.407 e. The summed E-state index contributed by atoms with van der Waals surface area (Å²) in [7, 11) is 0. The zero-order chi connectivity index (χ0) is 54.9. The maximum atomic E-state index is 11.3. The molecular formula is C54H78IN17O3. The molecule has 6 heterocycles. The molecule has 20 nitrogen and oxygen atoms in total. The first-order valence-electron chi connectivity index (χ1n) is 25.5. The van der Waals surface area contributed by atoms with Gasteiger partial charge in [0.1, 0.15) is 11.4 Å². The summed E-state index contributed by atoms with van der Waals surface area (Å²) in [6.07, 6.45) is 15.2. The molecule has 0 bridgehead atoms. The van der Waals surface area contributed by atoms with Gasteiger partial charge in [0.15, 0.2) is 23.4 Å². The van der Waals surface area contributed by atoms with Crippen LogP contribution in [0.15, 0.2) is 97.8 Å². The van der Waals surface area contributed by atoms with Gasteiger partial charge in [0.25, 0.3) is 0 Å². The number of carbonyl (C=O) groups is 2. The summed E-state index contributed by atoms with van der Waals surface area (Å²) in [4.78, 5) is 40.3. The number of alkyl halides is 1. The number of aromatic nitrogens is 12. The molecule has 21 heteroatoms. The number of benzene rings is 2. The highest BCUT2D eigenvalue weighted by molar-refractivity contribution is 14.1. The maximum Gasteiger partial charge on any atom is 0.407 e. The standard InChI is InChI=1S/C22H28N8.C19H19N7O.C7H16N2O2.C3H7I.C3H8/c1-16(2)18-15-26-30-21(18)27-20(10-5-6-11-23)28-22(30)24-14-17-8-3-4-9-19(17)29-13-7-12-25-29;1-13(2)15-11-22-26-18(15)23-17(12-27)24-19(26)20-10-14-6-3-4-7-16(14)25-9-5-8-21-25;1-7(2,3)11-6(10)9-5-4-8;1-3(2)4;1-3-2/h3-4,7-9,12-13,15-16H,5-6,10-11,14,23H2,1-2H3,(H,24,27,28);3-9,11-13H,10H2,1-2H3,(H,20,23,24);4-5,8H2,1-3H3,(H,9,10);3H,1-2H3;3H2,1-2H3. The molecule has 0 aliphatic rings. The van der Waals surface area contributed by atoms with E-state index in [4.69, 9.17) is 26.2 Å². The average molecular weight is 1140 g/mol. The summed E-state index contributed by atoms with van der Waals surface area (Å²) in [5.41, 5.74) is 18.2. The molecule has 404 valence electrons. The van der Waals surface area contributed by atoms with Gasteiger partial charge < -0.3 is 32.2 Å². The number of amides is 1. The topological polar surface area (TPSA) is 253 Å². The van der Waals surface area contributed by atoms with E-state index in [0.717, 1.165) is 68.3 Å². The van der Waals surface area contributed by atoms with Gasteiger partial charge in [-0.15, -0.1) is 0 Å². The van der Waals surface area contributed by atoms with Gasteiger partial charge in [-0.05, 0) is 87.4 Å². The van der Waals surface area contributed by atoms with E-state index in [1.165, 1.54) is 6.42 Å². The zero-order valence-electron chi connectivity index (χ0n) is 45.5. The molecule has 75 heavy (non-hydrogen) atoms. The van der Waals surface area contributed by atoms with E-state index >= 15 is 0 Å². The highest BCUT2D eigenvalue weighted by atomic mass is 127. The minimum atomic E-state index is -0.432. The Kier molecular flexibility index (Phi) is 25.2. The maximum absolute atomic E-state index is 11.3. The predicted molar refractivity (Wildman–Crippen MR) is 307 cm³/mol. The molecule has 1 amide bonds. The Morgan fingerprint density at radius 2 is 1.17 bits per heavy atom. The van der Waals surface area contributed by atoms with Crippen LogP contribution in [0.2, 0.25) is 0 Å². The highest BCUT2D eigenvalue weighted by Crippen LogP contribution is 2.24. The number of aryl methyl sites for hydroxylation is 1. The van der Waals surface area contributed by atoms with Gasteiger partial charge in [0.05, 0.1) is 23.8 Å². The van der Waals surface area contributed by atoms with Crippen LogP contribution in [-0.2, 0) is 24.2 Å². The first-order chi connectivity index (χ1) is 35.9. The number of nitrogens with one attached hydrogen (secondary N) is 3. The fraction of sp³-hybridized carbons (Fsp3) is 0.444. The lowest BCUT2D eigenvalue weighted by Gasteiger charge is -2.19. The molecule has 0 radical (unpaired) electrons. The Morgan fingerprint density at radius 1 is 0.693 bits per heavy atom. The van der Waals surface area contributed by atoms with Crippen LogP contribution in [0.1, 0.15) is 146 Å². The lowest BCUT2D eigenvalue weighted by molar-refractivity contribution is 0.0529. The van der Waals surface area contributed by atoms with E-state index in [1.807, 2.05) is 97.3 Å². The fourth-order valence-corrected chi connectivity index (χ4v) is 6.91. The summed E-state index contributed by atoms with van der Waals surface area (Å²) < 4.78 is 12.9. The van der Waals surface area contributed by atoms with E-state index < -0.39 is 11.7 Å². The van der Waals surface area contributed by atoms with Gasteiger partial charge in [-0.2, -0.15) is 39.4 Å². The van der Waals surface area contributed by atoms with Gasteiger partial charge in [-0.3, -0.25) is 4.79 Å². The van der Waals surface area contributed by atoms with Crippen LogP contribution in [0.5, 0.6) is 0 Å². The number of para-hydroxylation sites is 2. The normalized spacial score (nSPS) is 10.9. The number of carbonyl (C=O) groups excluding carboxylic acids is 2. The lowest BCUT2D eigenvalue weighted by atomic mass is 10.1. The summed E-state index contributed by atoms with van der Waals surface area (Å²) >= 11 is 2.34. The first kappa shape index (κ1) is 60.7. The van der Waals surface area contributed by atoms with Gasteiger partial charge >= 0.3 is 6.09 Å². The predicted octanol–water partition coefficient (Wildman–Crippen LogP) is 9.90. The fourth-order valence-electron chi connectivity index (χ4n) is 6.91. The SMILES string of the molecule is CC(C)(C)OC(=O)NCCN.CC(C)I.CC(C)c1cnn2c(NCc3ccccc3-n3cccn3)nc(C=O)nc12.CC(C)c1cnn2c(NCc3ccccc3-n3cccn3)nc(CCCCN)nc12.CCC. The highest BCUT2D eigenvalue weighted by Gasteiger charge is 2.18. The third kappa shape index (κ3) is 19.4. The van der Waals surface area contributed by atoms with E-state index in [-0.39, 0.29) is 11.7 Å². The van der Waals surface area contributed by atoms with Gasteiger partial charge in [0.2, 0.25) is 11.9 Å². The quantitative estimate of drug-likeness (QED) is 0.0246. The summed E-state index contributed by atoms with van der Waals surface area (Å²) in [5, 5.41) is 26.9. The number of halogens is 1. The lowest BCUT2D eigenvalue weighted by Crippen LogP contribution is -2.35. The number of hydrogen-bond acceptors (Lipinski definition) is 15. The van der Waals surface area contributed by atoms with Crippen molar-refractivity contribution in [3.63, 3.8) is 0 Å². The molecule has 6 aromatic heterocycles. The number of aldehydes is 1. The molecule has 8 aromatic rings. The molecule has 7 N–H and O–H groups in total. The van der Waals surface area contributed by atoms with Crippen molar-refractivity contribution in [3.8, 4) is 11.4 Å². The number of hydrogen-bond donors (Lipinski definition) is 5. The summed E-state index contributed by atoms with van der Waals surface area (Å²) in [6, 6.07) is 20.0. The van der Waals surface area contributed by atoms with Crippen molar-refractivity contribution in [3.05, 3.63) is 132 Å². The second-order valence-electron chi connectivity index (χ2n) is 19.0. The second kappa shape index (κ2) is 31.1. The van der Waals surface area contributed by atoms with Crippen molar-refractivity contribution in [2.75, 3.05) is 30.3 Å². The third-order valence-corrected chi connectivity index (χ3v) is 10.2. The molecule has 0 saturated carbocycles. The van der Waals surface area contributed by atoms with Crippen molar-refractivity contribution in [2.24, 2.45) is 11.5 Å². The van der Waals surface area contributed by atoms with Crippen LogP contribution in [0, 0.1) is 0 Å². The molecular weight excluding hydrogens is 1060 g/mol. The minimum absolute atomic E-state index is 0.132. The molecule has 0 unspecified atom stereocenters. The van der Waals surface area contributed by atoms with Crippen LogP contribution in [0.3, 0.4) is 0 Å². The Bertz CT molecular complexity index is 2900. The second-order valence-corrected chi connectivity index (χ2v) is 21.5. The number of nitrogens with two attached hydrogens (primary N) is 2. The largest absolute Gasteiger partial charge is 0.444 e. The van der Waals surface area contributed by atoms with Crippen LogP contribution < -0.4 is 27.4 Å². The molecule has 0 spiro atoms. The number of nitrogens with zero attached hydrogens (tertiary/aromatic N) is 12. The van der Waals surface area contributed by atoms with E-state index in [2.05, 4.69) is 136 Å². The van der Waals surface area contributed by atoms with Crippen molar-refractivity contribution < 1.29 is 14.3 Å². The van der Waals surface area contributed by atoms with Crippen LogP contribution in [0.25, 0.3) is 22.7 Å². The van der Waals surface area contributed by atoms with Gasteiger partial charge in [0, 0.05) is 72.4 Å². The third-order valence-electron chi connectivity index (χ3n) is 10.2. The summed E-state index contributed by atoms with van der Waals surface area (Å²) in [5.74, 6) is 2.70. The molecule has 8 rings (SSSR count). The Hall–Kier alpha value is -6.85. The Morgan fingerprint density at radius 3 is 1.60 bits per heavy atom. The minimum Gasteiger partial charge on any atom is -0.444 e. The molecule has 0 aliphatic carbocycles. The number of ether oxygens (including phenoxy) is 1. The van der Waals surface area contributed by atoms with Gasteiger partial charge in [-0.25, -0.2) is 24.1 Å². The van der Waals surface area contributed by atoms with Gasteiger partial charge in [-0.1, -0.05) is 121 Å². The van der Waals surface area contributed by atoms with Crippen LogP contribution in [-0.4, -0.2) is 100 Å². The van der Waals surface area contributed by atoms with E-state index in [9.17, 15) is 9.59 Å². The van der Waals surface area contributed by atoms with E-state index in [1.54, 1.807) is 27.6 Å². The Labute approximate surface area is 455 Å². The van der Waals surface area contributed by atoms with Crippen LogP contribution in [0.4, 0.5) is 16.7 Å². The van der Waals surface area contributed by atoms with E-state index in [0.29, 0.717) is 62.5 Å². The monoisotopic (exact) mass is 1140 g/mol. The van der Waals surface area contributed by atoms with Crippen molar-refractivity contribution >= 4 is 58.2 Å². The molecule has 0 aliphatic heterocycles. The Balaban J connectivity index is 0.000000247. The number of unbranched alkanes of at least 4 members (excludes halogenated alkanes) is 1. The number of alkyl carbamates (subject to hydrolysis) is 1. The van der Waals surface area contributed by atoms with Crippen molar-refractivity contribution in [1.29, 1.82) is 0 Å². The number of fused-ring (bicyclic) bond motifs is 2. The zero-order valence-corrected chi connectivity index (χ0v) is 47.7. The molecule has 0 atom stereocenters. The van der Waals surface area contributed by atoms with Crippen molar-refractivity contribution in [1.82, 2.24) is 64.0 Å².